The van der Waals surface area contributed by atoms with Crippen LogP contribution in [0.15, 0.2) is 36.7 Å². The Hall–Kier alpha value is -5.58. The molecule has 2 saturated heterocycles. The number of nitrogens with zero attached hydrogens (tertiary/aromatic N) is 4. The van der Waals surface area contributed by atoms with Crippen LogP contribution in [0, 0.1) is 35.5 Å². The number of thiophene rings is 2. The van der Waals surface area contributed by atoms with Crippen molar-refractivity contribution in [1.82, 2.24) is 40.4 Å². The normalized spacial score (nSPS) is 17.5. The van der Waals surface area contributed by atoms with Crippen molar-refractivity contribution in [2.45, 2.75) is 77.5 Å². The first-order chi connectivity index (χ1) is 27.0. The predicted octanol–water partition coefficient (Wildman–Crippen LogP) is 6.08. The third-order valence-electron chi connectivity index (χ3n) is 9.85. The van der Waals surface area contributed by atoms with Crippen LogP contribution in [-0.2, 0) is 19.1 Å². The lowest BCUT2D eigenvalue weighted by Gasteiger charge is -2.30. The first kappa shape index (κ1) is 40.1. The zero-order valence-corrected chi connectivity index (χ0v) is 33.9. The van der Waals surface area contributed by atoms with Crippen molar-refractivity contribution >= 4 is 46.7 Å². The van der Waals surface area contributed by atoms with Gasteiger partial charge >= 0.3 is 12.2 Å². The molecule has 4 amide bonds. The Kier molecular flexibility index (Phi) is 12.8. The molecule has 0 saturated carbocycles. The number of aromatic amines is 2. The van der Waals surface area contributed by atoms with Gasteiger partial charge in [0.25, 0.3) is 0 Å². The number of hydrogen-bond donors (Lipinski definition) is 4. The number of amides is 4. The van der Waals surface area contributed by atoms with Gasteiger partial charge in [-0.15, -0.1) is 22.7 Å². The van der Waals surface area contributed by atoms with Gasteiger partial charge in [-0.2, -0.15) is 0 Å². The molecule has 4 aromatic rings. The van der Waals surface area contributed by atoms with E-state index in [1.807, 2.05) is 52.0 Å². The maximum atomic E-state index is 13.5. The van der Waals surface area contributed by atoms with E-state index < -0.39 is 24.3 Å². The van der Waals surface area contributed by atoms with E-state index in [9.17, 15) is 19.2 Å². The fourth-order valence-electron chi connectivity index (χ4n) is 6.93. The molecule has 2 aliphatic rings. The van der Waals surface area contributed by atoms with Crippen molar-refractivity contribution in [1.29, 1.82) is 0 Å². The Bertz CT molecular complexity index is 2030. The van der Waals surface area contributed by atoms with E-state index in [2.05, 4.69) is 54.3 Å². The number of ether oxygens (including phenoxy) is 2. The van der Waals surface area contributed by atoms with Gasteiger partial charge in [-0.3, -0.25) is 9.59 Å². The zero-order valence-electron chi connectivity index (χ0n) is 32.2. The second kappa shape index (κ2) is 17.9. The molecule has 2 fully saturated rings. The second-order valence-corrected chi connectivity index (χ2v) is 16.5. The number of aromatic nitrogens is 4. The molecule has 0 bridgehead atoms. The molecule has 0 aliphatic carbocycles. The van der Waals surface area contributed by atoms with Crippen LogP contribution in [0.2, 0.25) is 0 Å². The summed E-state index contributed by atoms with van der Waals surface area (Å²) in [5.41, 5.74) is 1.68. The maximum Gasteiger partial charge on any atom is 0.407 e. The van der Waals surface area contributed by atoms with Crippen LogP contribution in [0.3, 0.4) is 0 Å². The highest BCUT2D eigenvalue weighted by Gasteiger charge is 2.39. The fraction of sp³-hybridized carbons (Fsp3) is 0.450. The summed E-state index contributed by atoms with van der Waals surface area (Å²) in [4.78, 5) is 74.1. The van der Waals surface area contributed by atoms with Crippen LogP contribution in [0.4, 0.5) is 9.59 Å². The maximum absolute atomic E-state index is 13.5. The quantitative estimate of drug-likeness (QED) is 0.140. The van der Waals surface area contributed by atoms with Crippen molar-refractivity contribution < 1.29 is 28.7 Å². The first-order valence-electron chi connectivity index (χ1n) is 18.6. The number of carbonyl (C=O) groups excluding carboxylic acids is 4. The number of alkyl carbamates (subject to hydrolysis) is 2. The van der Waals surface area contributed by atoms with Gasteiger partial charge in [0, 0.05) is 13.1 Å². The van der Waals surface area contributed by atoms with Crippen molar-refractivity contribution in [3.63, 3.8) is 0 Å². The van der Waals surface area contributed by atoms with Crippen LogP contribution in [0.1, 0.15) is 86.9 Å². The molecule has 6 rings (SSSR count). The van der Waals surface area contributed by atoms with Gasteiger partial charge in [0.1, 0.15) is 23.7 Å². The van der Waals surface area contributed by atoms with E-state index in [0.29, 0.717) is 24.7 Å². The Labute approximate surface area is 334 Å². The van der Waals surface area contributed by atoms with Crippen molar-refractivity contribution in [3.8, 4) is 44.8 Å². The molecule has 4 unspecified atom stereocenters. The van der Waals surface area contributed by atoms with Crippen LogP contribution in [0.5, 0.6) is 0 Å². The highest BCUT2D eigenvalue weighted by atomic mass is 32.1. The van der Waals surface area contributed by atoms with E-state index in [0.717, 1.165) is 56.6 Å². The molecule has 0 aromatic carbocycles. The number of likely N-dealkylation sites (tertiary alicyclic amines) is 2. The molecular formula is C40H46N8O6S2. The smallest absolute Gasteiger partial charge is 0.407 e. The first-order valence-corrected chi connectivity index (χ1v) is 20.2. The third-order valence-corrected chi connectivity index (χ3v) is 11.9. The van der Waals surface area contributed by atoms with E-state index >= 15 is 0 Å². The molecule has 2 aliphatic heterocycles. The highest BCUT2D eigenvalue weighted by molar-refractivity contribution is 7.16. The third kappa shape index (κ3) is 9.09. The molecule has 4 N–H and O–H groups in total. The zero-order chi connectivity index (χ0) is 39.9. The average Bonchev–Trinajstić information content (AvgIpc) is 4.02. The average molecular weight is 799 g/mol. The summed E-state index contributed by atoms with van der Waals surface area (Å²) in [7, 11) is 2.57. The molecular weight excluding hydrogens is 753 g/mol. The summed E-state index contributed by atoms with van der Waals surface area (Å²) in [6.45, 7) is 8.74. The molecule has 0 spiro atoms. The van der Waals surface area contributed by atoms with Gasteiger partial charge in [-0.05, 0) is 85.5 Å². The lowest BCUT2D eigenvalue weighted by atomic mass is 10.0. The Morgan fingerprint density at radius 1 is 0.714 bits per heavy atom. The summed E-state index contributed by atoms with van der Waals surface area (Å²) in [6.07, 6.45) is 5.52. The molecule has 0 radical (unpaired) electrons. The minimum absolute atomic E-state index is 0.109. The fourth-order valence-corrected chi connectivity index (χ4v) is 8.58. The number of imidazole rings is 2. The minimum Gasteiger partial charge on any atom is -0.453 e. The molecule has 14 nitrogen and oxygen atoms in total. The number of hydrogen-bond acceptors (Lipinski definition) is 10. The monoisotopic (exact) mass is 798 g/mol. The molecule has 4 aromatic heterocycles. The number of carbonyl (C=O) groups is 4. The number of nitrogens with one attached hydrogen (secondary N) is 4. The van der Waals surface area contributed by atoms with E-state index in [1.165, 1.54) is 36.9 Å². The number of rotatable bonds is 10. The second-order valence-electron chi connectivity index (χ2n) is 14.3. The van der Waals surface area contributed by atoms with Gasteiger partial charge in [-0.25, -0.2) is 19.6 Å². The van der Waals surface area contributed by atoms with Crippen LogP contribution in [0.25, 0.3) is 21.1 Å². The Morgan fingerprint density at radius 3 is 1.50 bits per heavy atom. The molecule has 6 heterocycles. The van der Waals surface area contributed by atoms with Gasteiger partial charge in [0.2, 0.25) is 11.8 Å². The molecule has 4 atom stereocenters. The summed E-state index contributed by atoms with van der Waals surface area (Å²) in [5.74, 6) is 13.1. The van der Waals surface area contributed by atoms with Crippen LogP contribution >= 0.6 is 22.7 Å². The van der Waals surface area contributed by atoms with Crippen molar-refractivity contribution in [2.75, 3.05) is 27.3 Å². The predicted molar refractivity (Wildman–Crippen MR) is 213 cm³/mol. The van der Waals surface area contributed by atoms with Crippen LogP contribution in [-0.4, -0.2) is 93.1 Å². The van der Waals surface area contributed by atoms with Gasteiger partial charge in [0.05, 0.1) is 69.6 Å². The van der Waals surface area contributed by atoms with Crippen LogP contribution < -0.4 is 10.6 Å². The topological polar surface area (TPSA) is 175 Å². The molecule has 16 heteroatoms. The van der Waals surface area contributed by atoms with E-state index in [-0.39, 0.29) is 35.7 Å². The standard InChI is InChI=1S/C40H46N8O6S2/c1-23(2)33(45-39(51)53-5)37(49)47-19-9-13-29(47)35-41-21-27(43-35)31-17-15-25(55-31)11-7-8-12-26-16-18-32(56-26)28-22-42-36(44-28)30-14-10-20-48(30)38(50)34(24(3)4)46-40(52)54-6/h15-18,21-24,29-30,33-34H,9-10,13-14,19-20H2,1-6H3,(H,41,43)(H,42,44)(H,45,51)(H,46,52). The van der Waals surface area contributed by atoms with E-state index in [1.54, 1.807) is 22.2 Å². The Morgan fingerprint density at radius 2 is 1.12 bits per heavy atom. The molecule has 294 valence electrons. The van der Waals surface area contributed by atoms with E-state index in [4.69, 9.17) is 9.47 Å². The lowest BCUT2D eigenvalue weighted by Crippen LogP contribution is -2.51. The Balaban J connectivity index is 1.07. The number of H-pyrrole nitrogens is 2. The summed E-state index contributed by atoms with van der Waals surface area (Å²) >= 11 is 3.05. The van der Waals surface area contributed by atoms with Gasteiger partial charge < -0.3 is 39.9 Å². The largest absolute Gasteiger partial charge is 0.453 e. The minimum atomic E-state index is -0.693. The summed E-state index contributed by atoms with van der Waals surface area (Å²) in [5, 5.41) is 5.36. The van der Waals surface area contributed by atoms with Crippen molar-refractivity contribution in [2.24, 2.45) is 11.8 Å². The van der Waals surface area contributed by atoms with Crippen molar-refractivity contribution in [3.05, 3.63) is 58.1 Å². The summed E-state index contributed by atoms with van der Waals surface area (Å²) < 4.78 is 9.48. The van der Waals surface area contributed by atoms with Gasteiger partial charge in [0.15, 0.2) is 0 Å². The molecule has 56 heavy (non-hydrogen) atoms. The van der Waals surface area contributed by atoms with Gasteiger partial charge in [-0.1, -0.05) is 27.7 Å². The SMILES string of the molecule is COC(=O)NC(C(=O)N1CCCC1c1ncc(-c2ccc(C#CC#Cc3ccc(-c4cnc(C5CCCN5C(=O)C(NC(=O)OC)C(C)C)[nH]4)s3)s2)[nH]1)C(C)C. The number of methoxy groups -OCH3 is 2. The lowest BCUT2D eigenvalue weighted by molar-refractivity contribution is -0.136. The highest BCUT2D eigenvalue weighted by Crippen LogP contribution is 2.35. The summed E-state index contributed by atoms with van der Waals surface area (Å²) in [6, 6.07) is 6.05.